The molecule has 1 aromatic rings. The molecule has 1 fully saturated rings. The molecule has 21 heavy (non-hydrogen) atoms. The number of nitrogens with one attached hydrogen (secondary N) is 1. The standard InChI is InChI=1S/C15H22FN3O2/c1-15(2,18-14(20)21)7-11-6-12(16)10-19(9-11)13-4-3-5-17-8-13/h3-5,8,11-12,18H,6-7,9-10H2,1-2H3,(H,20,21)/t11-,12+/m1/s1. The number of halogens is 1. The van der Waals surface area contributed by atoms with Gasteiger partial charge in [-0.15, -0.1) is 0 Å². The smallest absolute Gasteiger partial charge is 0.405 e. The molecule has 1 aliphatic heterocycles. The molecule has 0 saturated carbocycles. The summed E-state index contributed by atoms with van der Waals surface area (Å²) in [6.45, 7) is 4.75. The highest BCUT2D eigenvalue weighted by atomic mass is 19.1. The summed E-state index contributed by atoms with van der Waals surface area (Å²) < 4.78 is 14.0. The first kappa shape index (κ1) is 15.5. The highest BCUT2D eigenvalue weighted by Crippen LogP contribution is 2.29. The monoisotopic (exact) mass is 295 g/mol. The van der Waals surface area contributed by atoms with Crippen molar-refractivity contribution >= 4 is 11.8 Å². The summed E-state index contributed by atoms with van der Waals surface area (Å²) in [4.78, 5) is 16.9. The molecule has 1 aromatic heterocycles. The number of aromatic nitrogens is 1. The van der Waals surface area contributed by atoms with E-state index in [0.29, 0.717) is 19.4 Å². The average molecular weight is 295 g/mol. The van der Waals surface area contributed by atoms with E-state index in [1.54, 1.807) is 12.4 Å². The van der Waals surface area contributed by atoms with Crippen LogP contribution in [0.5, 0.6) is 0 Å². The Hall–Kier alpha value is -1.85. The van der Waals surface area contributed by atoms with E-state index >= 15 is 0 Å². The summed E-state index contributed by atoms with van der Waals surface area (Å²) in [6, 6.07) is 3.75. The minimum absolute atomic E-state index is 0.107. The zero-order valence-electron chi connectivity index (χ0n) is 12.4. The van der Waals surface area contributed by atoms with E-state index in [-0.39, 0.29) is 5.92 Å². The van der Waals surface area contributed by atoms with Gasteiger partial charge >= 0.3 is 6.09 Å². The number of hydrogen-bond donors (Lipinski definition) is 2. The second kappa shape index (κ2) is 6.28. The number of hydrogen-bond acceptors (Lipinski definition) is 3. The summed E-state index contributed by atoms with van der Waals surface area (Å²) in [5.74, 6) is 0.107. The van der Waals surface area contributed by atoms with Gasteiger partial charge < -0.3 is 15.3 Å². The third kappa shape index (κ3) is 4.58. The van der Waals surface area contributed by atoms with Crippen LogP contribution in [0.2, 0.25) is 0 Å². The molecule has 5 nitrogen and oxygen atoms in total. The molecule has 2 heterocycles. The van der Waals surface area contributed by atoms with Gasteiger partial charge in [0.05, 0.1) is 11.9 Å². The van der Waals surface area contributed by atoms with Gasteiger partial charge in [0.2, 0.25) is 0 Å². The molecule has 2 rings (SSSR count). The van der Waals surface area contributed by atoms with Crippen molar-refractivity contribution in [1.29, 1.82) is 0 Å². The van der Waals surface area contributed by atoms with E-state index in [2.05, 4.69) is 10.3 Å². The molecular weight excluding hydrogens is 273 g/mol. The van der Waals surface area contributed by atoms with Crippen LogP contribution in [0.25, 0.3) is 0 Å². The maximum absolute atomic E-state index is 14.0. The van der Waals surface area contributed by atoms with Crippen molar-refractivity contribution in [3.05, 3.63) is 24.5 Å². The van der Waals surface area contributed by atoms with Gasteiger partial charge in [0, 0.05) is 24.8 Å². The Kier molecular flexibility index (Phi) is 4.65. The van der Waals surface area contributed by atoms with E-state index in [1.807, 2.05) is 30.9 Å². The molecule has 0 bridgehead atoms. The predicted octanol–water partition coefficient (Wildman–Crippen LogP) is 2.68. The summed E-state index contributed by atoms with van der Waals surface area (Å²) in [7, 11) is 0. The van der Waals surface area contributed by atoms with Gasteiger partial charge in [-0.3, -0.25) is 4.98 Å². The zero-order valence-corrected chi connectivity index (χ0v) is 12.4. The molecule has 0 aromatic carbocycles. The van der Waals surface area contributed by atoms with Gasteiger partial charge in [-0.25, -0.2) is 9.18 Å². The first-order valence-corrected chi connectivity index (χ1v) is 7.16. The lowest BCUT2D eigenvalue weighted by Crippen LogP contribution is -2.48. The van der Waals surface area contributed by atoms with Gasteiger partial charge in [-0.1, -0.05) is 0 Å². The zero-order chi connectivity index (χ0) is 15.5. The second-order valence-corrected chi connectivity index (χ2v) is 6.33. The number of carbonyl (C=O) groups is 1. The third-order valence-corrected chi connectivity index (χ3v) is 3.74. The average Bonchev–Trinajstić information content (AvgIpc) is 2.36. The lowest BCUT2D eigenvalue weighted by Gasteiger charge is -2.39. The van der Waals surface area contributed by atoms with Gasteiger partial charge in [0.1, 0.15) is 6.17 Å². The Bertz CT molecular complexity index is 481. The van der Waals surface area contributed by atoms with Crippen molar-refractivity contribution in [2.45, 2.75) is 38.4 Å². The summed E-state index contributed by atoms with van der Waals surface area (Å²) in [5, 5.41) is 11.4. The Morgan fingerprint density at radius 3 is 2.95 bits per heavy atom. The van der Waals surface area contributed by atoms with E-state index in [9.17, 15) is 9.18 Å². The molecule has 2 atom stereocenters. The van der Waals surface area contributed by atoms with Crippen LogP contribution in [0, 0.1) is 5.92 Å². The van der Waals surface area contributed by atoms with Crippen LogP contribution >= 0.6 is 0 Å². The van der Waals surface area contributed by atoms with Crippen molar-refractivity contribution < 1.29 is 14.3 Å². The molecule has 0 spiro atoms. The molecule has 1 saturated heterocycles. The van der Waals surface area contributed by atoms with Crippen LogP contribution in [0.3, 0.4) is 0 Å². The highest BCUT2D eigenvalue weighted by molar-refractivity contribution is 5.65. The minimum Gasteiger partial charge on any atom is -0.465 e. The first-order chi connectivity index (χ1) is 9.85. The number of amides is 1. The van der Waals surface area contributed by atoms with Crippen LogP contribution in [0.4, 0.5) is 14.9 Å². The molecular formula is C15H22FN3O2. The van der Waals surface area contributed by atoms with E-state index in [0.717, 1.165) is 12.2 Å². The fraction of sp³-hybridized carbons (Fsp3) is 0.600. The molecule has 1 aliphatic rings. The normalized spacial score (nSPS) is 22.9. The minimum atomic E-state index is -1.04. The highest BCUT2D eigenvalue weighted by Gasteiger charge is 2.32. The molecule has 2 N–H and O–H groups in total. The quantitative estimate of drug-likeness (QED) is 0.896. The lowest BCUT2D eigenvalue weighted by atomic mass is 9.84. The Labute approximate surface area is 124 Å². The van der Waals surface area contributed by atoms with Crippen LogP contribution in [-0.2, 0) is 0 Å². The summed E-state index contributed by atoms with van der Waals surface area (Å²) in [5.41, 5.74) is 0.350. The topological polar surface area (TPSA) is 65.5 Å². The van der Waals surface area contributed by atoms with Crippen molar-refractivity contribution in [3.63, 3.8) is 0 Å². The number of anilines is 1. The third-order valence-electron chi connectivity index (χ3n) is 3.74. The number of piperidine rings is 1. The van der Waals surface area contributed by atoms with E-state index < -0.39 is 17.8 Å². The fourth-order valence-corrected chi connectivity index (χ4v) is 3.10. The first-order valence-electron chi connectivity index (χ1n) is 7.16. The van der Waals surface area contributed by atoms with Gasteiger partial charge in [-0.05, 0) is 44.7 Å². The SMILES string of the molecule is CC(C)(C[C@H]1C[C@H](F)CN(c2cccnc2)C1)NC(=O)O. The Morgan fingerprint density at radius 2 is 2.33 bits per heavy atom. The molecule has 1 amide bonds. The maximum Gasteiger partial charge on any atom is 0.405 e. The van der Waals surface area contributed by atoms with Crippen molar-refractivity contribution in [2.75, 3.05) is 18.0 Å². The number of nitrogens with zero attached hydrogens (tertiary/aromatic N) is 2. The predicted molar refractivity (Wildman–Crippen MR) is 79.3 cm³/mol. The van der Waals surface area contributed by atoms with Gasteiger partial charge in [-0.2, -0.15) is 0 Å². The maximum atomic E-state index is 14.0. The van der Waals surface area contributed by atoms with Crippen molar-refractivity contribution in [1.82, 2.24) is 10.3 Å². The van der Waals surface area contributed by atoms with Gasteiger partial charge in [0.25, 0.3) is 0 Å². The molecule has 116 valence electrons. The molecule has 0 aliphatic carbocycles. The van der Waals surface area contributed by atoms with Crippen molar-refractivity contribution in [3.8, 4) is 0 Å². The van der Waals surface area contributed by atoms with Crippen LogP contribution in [-0.4, -0.2) is 41.0 Å². The molecule has 0 unspecified atom stereocenters. The Balaban J connectivity index is 2.02. The summed E-state index contributed by atoms with van der Waals surface area (Å²) >= 11 is 0. The molecule has 6 heteroatoms. The second-order valence-electron chi connectivity index (χ2n) is 6.33. The number of carboxylic acid groups (broad SMARTS) is 1. The number of rotatable bonds is 4. The van der Waals surface area contributed by atoms with Crippen molar-refractivity contribution in [2.24, 2.45) is 5.92 Å². The molecule has 0 radical (unpaired) electrons. The Morgan fingerprint density at radius 1 is 1.57 bits per heavy atom. The van der Waals surface area contributed by atoms with Crippen LogP contribution < -0.4 is 10.2 Å². The number of alkyl halides is 1. The van der Waals surface area contributed by atoms with E-state index in [4.69, 9.17) is 5.11 Å². The summed E-state index contributed by atoms with van der Waals surface area (Å²) in [6.07, 6.45) is 2.56. The number of pyridine rings is 1. The fourth-order valence-electron chi connectivity index (χ4n) is 3.10. The van der Waals surface area contributed by atoms with Crippen LogP contribution in [0.15, 0.2) is 24.5 Å². The van der Waals surface area contributed by atoms with E-state index in [1.165, 1.54) is 0 Å². The lowest BCUT2D eigenvalue weighted by molar-refractivity contribution is 0.166. The largest absolute Gasteiger partial charge is 0.465 e. The van der Waals surface area contributed by atoms with Crippen LogP contribution in [0.1, 0.15) is 26.7 Å². The van der Waals surface area contributed by atoms with Gasteiger partial charge in [0.15, 0.2) is 0 Å².